The smallest absolute Gasteiger partial charge is 0.312 e. The molecular formula is C85H109Cl2N13O15. The second kappa shape index (κ2) is 42.0. The number of hydrazone groups is 1. The Kier molecular flexibility index (Phi) is 33.0. The number of aliphatic hydroxyl groups excluding tert-OH is 4. The lowest BCUT2D eigenvalue weighted by atomic mass is 9.78. The maximum absolute atomic E-state index is 14.4. The summed E-state index contributed by atoms with van der Waals surface area (Å²) < 4.78 is 25.8. The van der Waals surface area contributed by atoms with Crippen molar-refractivity contribution in [3.05, 3.63) is 177 Å². The molecule has 6 aliphatic rings. The Morgan fingerprint density at radius 3 is 2.03 bits per heavy atom. The number of methoxy groups -OCH3 is 1. The quantitative estimate of drug-likeness (QED) is 0.00948. The summed E-state index contributed by atoms with van der Waals surface area (Å²) in [5.41, 5.74) is 11.3. The first-order chi connectivity index (χ1) is 54.8. The predicted molar refractivity (Wildman–Crippen MR) is 447 cm³/mol. The highest BCUT2D eigenvalue weighted by molar-refractivity contribution is 6.31. The van der Waals surface area contributed by atoms with Gasteiger partial charge in [0.1, 0.15) is 29.0 Å². The molecule has 6 heterocycles. The number of fused-ring (bicyclic) bond motifs is 16. The van der Waals surface area contributed by atoms with E-state index in [1.807, 2.05) is 87.6 Å². The summed E-state index contributed by atoms with van der Waals surface area (Å²) in [7, 11) is 3.42. The number of likely N-dealkylation sites (N-methyl/N-ethyl adjacent to an activating group) is 1. The molecule has 28 nitrogen and oxygen atoms in total. The number of hydrogen-bond acceptors (Lipinski definition) is 25. The zero-order chi connectivity index (χ0) is 84.1. The van der Waals surface area contributed by atoms with Crippen LogP contribution < -0.4 is 37.1 Å². The number of para-hydroxylation sites is 2. The van der Waals surface area contributed by atoms with Gasteiger partial charge in [0.05, 0.1) is 106 Å². The van der Waals surface area contributed by atoms with Crippen molar-refractivity contribution in [3.8, 4) is 40.1 Å². The lowest BCUT2D eigenvalue weighted by Crippen LogP contribution is -2.46. The van der Waals surface area contributed by atoms with Crippen molar-refractivity contribution in [1.29, 1.82) is 0 Å². The van der Waals surface area contributed by atoms with Gasteiger partial charge in [-0.1, -0.05) is 95.1 Å². The molecule has 5 bridgehead atoms. The van der Waals surface area contributed by atoms with Crippen molar-refractivity contribution in [2.45, 2.75) is 144 Å². The summed E-state index contributed by atoms with van der Waals surface area (Å²) in [4.78, 5) is 70.1. The first-order valence-corrected chi connectivity index (χ1v) is 39.1. The van der Waals surface area contributed by atoms with E-state index in [0.29, 0.717) is 23.1 Å². The molecule has 1 fully saturated rings. The summed E-state index contributed by atoms with van der Waals surface area (Å²) in [6.45, 7) is 25.4. The average Bonchev–Trinajstić information content (AvgIpc) is 1.60. The number of aromatic nitrogens is 4. The number of hydrogen-bond donors (Lipinski definition) is 12. The number of nitrogens with one attached hydrogen (secondary N) is 4. The van der Waals surface area contributed by atoms with E-state index >= 15 is 0 Å². The number of carbonyl (C=O) groups excluding carboxylic acids is 4. The van der Waals surface area contributed by atoms with Gasteiger partial charge >= 0.3 is 11.8 Å². The largest absolute Gasteiger partial charge is 0.507 e. The number of ether oxygens (including phenoxy) is 4. The van der Waals surface area contributed by atoms with Crippen molar-refractivity contribution < 1.29 is 73.9 Å². The van der Waals surface area contributed by atoms with Gasteiger partial charge in [0.15, 0.2) is 5.75 Å². The SMILES string of the molecule is CC(C)/N=c1\cc2n(-c3ccc(Cl)cc3)c3ccccc3nc-2cc1Nc1ccc(Cl)cc1.CC[C@@H](CO)NCCN[C@@H](CC)CO.CO[C@H]1/C=C/O[C@@]2(C)Oc3c(C)c(O)c4c(O)c(c(/C=N/N5CCN(C)CC5)c(O)c4c3C2=O)NC(=O)/C(C)=C\C=C\[C@H](C)[C@H](O)[C@@H](C)[C@@H](O)[C@@H](C)[C@H](OC(C)=O)[C@@H]1C.NC(=O)c1cnccn1. The number of piperazine rings is 1. The Bertz CT molecular complexity index is 4790. The molecule has 13 N–H and O–H groups in total. The number of carbonyl (C=O) groups is 4. The summed E-state index contributed by atoms with van der Waals surface area (Å²) in [6, 6.07) is 28.3. The van der Waals surface area contributed by atoms with E-state index in [0.717, 1.165) is 83.9 Å². The molecule has 2 amide bonds. The molecule has 0 unspecified atom stereocenters. The van der Waals surface area contributed by atoms with Gasteiger partial charge in [-0.3, -0.25) is 34.2 Å². The summed E-state index contributed by atoms with van der Waals surface area (Å²) >= 11 is 12.2. The van der Waals surface area contributed by atoms with Crippen LogP contribution in [0.1, 0.15) is 121 Å². The van der Waals surface area contributed by atoms with Crippen LogP contribution in [0.3, 0.4) is 0 Å². The molecule has 5 aromatic carbocycles. The summed E-state index contributed by atoms with van der Waals surface area (Å²) in [5.74, 6) is -8.90. The lowest BCUT2D eigenvalue weighted by molar-refractivity contribution is -0.160. The molecule has 6 aromatic rings. The lowest BCUT2D eigenvalue weighted by Gasteiger charge is -2.38. The van der Waals surface area contributed by atoms with E-state index in [1.54, 1.807) is 44.9 Å². The first kappa shape index (κ1) is 90.4. The zero-order valence-electron chi connectivity index (χ0n) is 67.5. The van der Waals surface area contributed by atoms with Gasteiger partial charge in [-0.2, -0.15) is 5.10 Å². The van der Waals surface area contributed by atoms with Crippen LogP contribution >= 0.6 is 23.2 Å². The number of nitrogens with two attached hydrogens (primary N) is 1. The van der Waals surface area contributed by atoms with Crippen LogP contribution in [-0.2, 0) is 23.8 Å². The maximum atomic E-state index is 14.4. The molecule has 0 saturated carbocycles. The molecule has 618 valence electrons. The molecule has 5 aliphatic heterocycles. The van der Waals surface area contributed by atoms with E-state index < -0.39 is 94.7 Å². The highest BCUT2D eigenvalue weighted by Gasteiger charge is 2.50. The number of phenolic OH excluding ortho intramolecular Hbond substituents is 3. The van der Waals surface area contributed by atoms with E-state index in [9.17, 15) is 44.7 Å². The van der Waals surface area contributed by atoms with Crippen LogP contribution in [-0.4, -0.2) is 210 Å². The molecule has 0 radical (unpaired) electrons. The van der Waals surface area contributed by atoms with Crippen molar-refractivity contribution in [2.75, 3.05) is 77.3 Å². The Morgan fingerprint density at radius 1 is 0.826 bits per heavy atom. The highest BCUT2D eigenvalue weighted by atomic mass is 35.5. The van der Waals surface area contributed by atoms with Gasteiger partial charge in [0.2, 0.25) is 0 Å². The third-order valence-electron chi connectivity index (χ3n) is 20.4. The number of halogens is 2. The van der Waals surface area contributed by atoms with Crippen LogP contribution in [0, 0.1) is 30.6 Å². The van der Waals surface area contributed by atoms with Gasteiger partial charge in [-0.25, -0.2) is 9.97 Å². The number of rotatable bonds is 18. The van der Waals surface area contributed by atoms with Crippen LogP contribution in [0.25, 0.3) is 38.9 Å². The molecule has 11 atom stereocenters. The minimum Gasteiger partial charge on any atom is -0.507 e. The fourth-order valence-electron chi connectivity index (χ4n) is 13.5. The van der Waals surface area contributed by atoms with Crippen molar-refractivity contribution in [3.63, 3.8) is 0 Å². The maximum Gasteiger partial charge on any atom is 0.312 e. The van der Waals surface area contributed by atoms with Crippen LogP contribution in [0.2, 0.25) is 10.0 Å². The number of allylic oxidation sites excluding steroid dienone is 2. The monoisotopic (exact) mass is 1620 g/mol. The van der Waals surface area contributed by atoms with Gasteiger partial charge in [0, 0.05) is 152 Å². The number of anilines is 3. The fourth-order valence-corrected chi connectivity index (χ4v) is 13.7. The van der Waals surface area contributed by atoms with Crippen LogP contribution in [0.4, 0.5) is 17.1 Å². The fraction of sp³-hybridized carbons (Fsp3) is 0.424. The molecular weight excluding hydrogens is 1510 g/mol. The third kappa shape index (κ3) is 22.9. The number of aromatic hydroxyl groups is 3. The Hall–Kier alpha value is -10.1. The number of nitrogens with zero attached hydrogens (tertiary/aromatic N) is 8. The minimum atomic E-state index is -2.04. The van der Waals surface area contributed by atoms with Crippen molar-refractivity contribution in [1.82, 2.24) is 40.1 Å². The minimum absolute atomic E-state index is 0.0559. The van der Waals surface area contributed by atoms with Gasteiger partial charge in [-0.05, 0) is 126 Å². The number of Topliss-reactive ketones (excluding diaryl/α,β-unsaturated/α-hetero) is 1. The Balaban J connectivity index is 0.000000243. The second-order valence-electron chi connectivity index (χ2n) is 29.2. The first-order valence-electron chi connectivity index (χ1n) is 38.4. The third-order valence-corrected chi connectivity index (χ3v) is 20.9. The molecule has 12 rings (SSSR count). The van der Waals surface area contributed by atoms with Crippen LogP contribution in [0.15, 0.2) is 150 Å². The Morgan fingerprint density at radius 2 is 1.46 bits per heavy atom. The average molecular weight is 1620 g/mol. The van der Waals surface area contributed by atoms with E-state index in [4.69, 9.17) is 68.1 Å². The van der Waals surface area contributed by atoms with Gasteiger partial charge in [0.25, 0.3) is 17.6 Å². The van der Waals surface area contributed by atoms with Gasteiger partial charge < -0.3 is 91.2 Å². The standard InChI is InChI=1S/C43H58N4O12.C27H22Cl2N4.C10H24N2O2.C5H5N3O/c1-21-12-11-13-22(2)42(55)45-33-28(20-44-47-17-15-46(9)16-18-47)37(52)30-31(38(33)53)36(51)26(6)40-32(30)41(54)43(8,59-40)57-19-14-29(56-10)23(3)39(58-27(7)48)25(5)35(50)24(4)34(21)49;1-17(2)30-24-16-27-25(15-23(24)31-20-11-7-18(28)8-12-20)32-22-5-3-4-6-26(22)33(27)21-13-9-19(29)10-14-21;1-3-9(7-13)11-5-6-12-10(4-2)8-14;6-5(9)4-3-7-1-2-8-4/h11-14,19-21,23-25,29,34-35,39,49-53H,15-18H2,1-10H3,(H,45,55);3-17,31H,1-2H3;9-14H,3-8H2,1-2H3;1-3H,(H2,6,9)/b12-11+,19-14+,22-13-,44-20+;30-24+;;/t21-,23+,24+,25+,29-,34-,35+,39+,43-;;9-,10-;/m0.0./s1. The number of phenols is 3. The van der Waals surface area contributed by atoms with E-state index in [2.05, 4.69) is 77.9 Å². The number of aliphatic hydroxyl groups is 4. The van der Waals surface area contributed by atoms with Gasteiger partial charge in [-0.15, -0.1) is 0 Å². The van der Waals surface area contributed by atoms with E-state index in [1.165, 1.54) is 78.0 Å². The Labute approximate surface area is 680 Å². The normalized spacial score (nSPS) is 22.5. The molecule has 30 heteroatoms. The molecule has 0 spiro atoms. The zero-order valence-corrected chi connectivity index (χ0v) is 69.0. The topological polar surface area (TPSA) is 396 Å². The highest BCUT2D eigenvalue weighted by Crippen LogP contribution is 2.55. The van der Waals surface area contributed by atoms with Crippen molar-refractivity contribution >= 4 is 91.9 Å². The summed E-state index contributed by atoms with van der Waals surface area (Å²) in [5, 5.41) is 96.9. The van der Waals surface area contributed by atoms with Crippen LogP contribution in [0.5, 0.6) is 23.0 Å². The predicted octanol–water partition coefficient (Wildman–Crippen LogP) is 11.1. The van der Waals surface area contributed by atoms with Crippen molar-refractivity contribution in [2.24, 2.45) is 39.5 Å². The second-order valence-corrected chi connectivity index (χ2v) is 30.1. The molecule has 1 aliphatic carbocycles. The molecule has 115 heavy (non-hydrogen) atoms. The van der Waals surface area contributed by atoms with E-state index in [-0.39, 0.29) is 81.5 Å². The molecule has 1 aromatic heterocycles. The number of ketones is 1. The number of primary amides is 1. The number of benzene rings is 6. The number of amides is 2. The summed E-state index contributed by atoms with van der Waals surface area (Å²) in [6.07, 6.45) is 11.0. The molecule has 1 saturated heterocycles. The number of esters is 1.